The molecule has 1 N–H and O–H groups in total. The first kappa shape index (κ1) is 31.5. The van der Waals surface area contributed by atoms with Crippen LogP contribution < -0.4 is 9.62 Å². The second-order valence-electron chi connectivity index (χ2n) is 10.7. The van der Waals surface area contributed by atoms with Gasteiger partial charge in [0.2, 0.25) is 11.8 Å². The van der Waals surface area contributed by atoms with E-state index in [0.717, 1.165) is 27.8 Å². The van der Waals surface area contributed by atoms with Crippen LogP contribution in [-0.4, -0.2) is 44.3 Å². The minimum Gasteiger partial charge on any atom is -0.355 e. The zero-order valence-corrected chi connectivity index (χ0v) is 26.0. The van der Waals surface area contributed by atoms with E-state index in [1.165, 1.54) is 21.3 Å². The predicted octanol–water partition coefficient (Wildman–Crippen LogP) is 5.58. The Morgan fingerprint density at radius 3 is 2.02 bits per heavy atom. The Hall–Kier alpha value is -4.43. The van der Waals surface area contributed by atoms with Crippen molar-refractivity contribution in [3.8, 4) is 0 Å². The number of nitrogens with zero attached hydrogens (tertiary/aromatic N) is 2. The van der Waals surface area contributed by atoms with Crippen LogP contribution >= 0.6 is 0 Å². The lowest BCUT2D eigenvalue weighted by Gasteiger charge is -2.34. The molecule has 1 atom stereocenters. The molecule has 0 aliphatic heterocycles. The van der Waals surface area contributed by atoms with E-state index in [2.05, 4.69) is 5.32 Å². The highest BCUT2D eigenvalue weighted by atomic mass is 32.2. The van der Waals surface area contributed by atoms with Crippen LogP contribution in [0.4, 0.5) is 5.69 Å². The summed E-state index contributed by atoms with van der Waals surface area (Å²) in [6, 6.07) is 29.9. The molecular formula is C35H39N3O4S. The lowest BCUT2D eigenvalue weighted by molar-refractivity contribution is -0.140. The van der Waals surface area contributed by atoms with Crippen LogP contribution in [0, 0.1) is 20.8 Å². The quantitative estimate of drug-likeness (QED) is 0.231. The number of hydrogen-bond acceptors (Lipinski definition) is 4. The van der Waals surface area contributed by atoms with Gasteiger partial charge in [0.05, 0.1) is 10.6 Å². The lowest BCUT2D eigenvalue weighted by atomic mass is 10.0. The van der Waals surface area contributed by atoms with Crippen LogP contribution in [0.3, 0.4) is 0 Å². The minimum atomic E-state index is -4.13. The maximum absolute atomic E-state index is 14.5. The molecular weight excluding hydrogens is 558 g/mol. The monoisotopic (exact) mass is 597 g/mol. The maximum Gasteiger partial charge on any atom is 0.264 e. The smallest absolute Gasteiger partial charge is 0.264 e. The molecule has 224 valence electrons. The number of carbonyl (C=O) groups excluding carboxylic acids is 2. The van der Waals surface area contributed by atoms with Crippen LogP contribution in [0.25, 0.3) is 0 Å². The number of likely N-dealkylation sites (N-methyl/N-ethyl adjacent to an activating group) is 1. The molecule has 0 radical (unpaired) electrons. The van der Waals surface area contributed by atoms with E-state index in [1.807, 2.05) is 88.4 Å². The Balaban J connectivity index is 1.81. The molecule has 0 fully saturated rings. The summed E-state index contributed by atoms with van der Waals surface area (Å²) in [4.78, 5) is 29.6. The molecule has 4 aromatic rings. The van der Waals surface area contributed by atoms with E-state index >= 15 is 0 Å². The first-order valence-electron chi connectivity index (χ1n) is 14.4. The SMILES string of the molecule is CCNC(=O)C(Cc1ccccc1)N(Cc1ccc(C)cc1)C(=O)CN(c1cccc(C)c1C)S(=O)(=O)c1ccccc1. The molecule has 43 heavy (non-hydrogen) atoms. The second-order valence-corrected chi connectivity index (χ2v) is 12.5. The van der Waals surface area contributed by atoms with Crippen molar-refractivity contribution in [1.29, 1.82) is 0 Å². The second kappa shape index (κ2) is 14.2. The number of benzene rings is 4. The normalized spacial score (nSPS) is 11.9. The number of anilines is 1. The Kier molecular flexibility index (Phi) is 10.4. The summed E-state index contributed by atoms with van der Waals surface area (Å²) >= 11 is 0. The Morgan fingerprint density at radius 2 is 1.40 bits per heavy atom. The van der Waals surface area contributed by atoms with Gasteiger partial charge in [0.15, 0.2) is 0 Å². The summed E-state index contributed by atoms with van der Waals surface area (Å²) < 4.78 is 29.4. The fourth-order valence-corrected chi connectivity index (χ4v) is 6.47. The van der Waals surface area contributed by atoms with E-state index in [-0.39, 0.29) is 23.8 Å². The van der Waals surface area contributed by atoms with E-state index in [0.29, 0.717) is 12.2 Å². The van der Waals surface area contributed by atoms with Crippen molar-refractivity contribution in [2.75, 3.05) is 17.4 Å². The molecule has 4 aromatic carbocycles. The van der Waals surface area contributed by atoms with Gasteiger partial charge in [-0.25, -0.2) is 8.42 Å². The van der Waals surface area contributed by atoms with Crippen molar-refractivity contribution < 1.29 is 18.0 Å². The van der Waals surface area contributed by atoms with E-state index in [4.69, 9.17) is 0 Å². The first-order valence-corrected chi connectivity index (χ1v) is 15.9. The van der Waals surface area contributed by atoms with Gasteiger partial charge in [-0.3, -0.25) is 13.9 Å². The molecule has 0 aliphatic carbocycles. The standard InChI is InChI=1S/C35H39N3O4S/c1-5-36-35(40)33(23-29-14-8-6-9-15-29)37(24-30-21-19-26(2)20-22-30)34(39)25-38(32-18-12-13-27(3)28(32)4)43(41,42)31-16-10-7-11-17-31/h6-22,33H,5,23-25H2,1-4H3,(H,36,40). The van der Waals surface area contributed by atoms with Crippen molar-refractivity contribution in [3.63, 3.8) is 0 Å². The van der Waals surface area contributed by atoms with Crippen molar-refractivity contribution >= 4 is 27.5 Å². The average molecular weight is 598 g/mol. The van der Waals surface area contributed by atoms with Gasteiger partial charge >= 0.3 is 0 Å². The van der Waals surface area contributed by atoms with Gasteiger partial charge in [0.1, 0.15) is 12.6 Å². The number of carbonyl (C=O) groups is 2. The van der Waals surface area contributed by atoms with E-state index < -0.39 is 28.5 Å². The Bertz CT molecular complexity index is 1640. The topological polar surface area (TPSA) is 86.8 Å². The van der Waals surface area contributed by atoms with Gasteiger partial charge in [-0.2, -0.15) is 0 Å². The zero-order chi connectivity index (χ0) is 31.0. The number of nitrogens with one attached hydrogen (secondary N) is 1. The fourth-order valence-electron chi connectivity index (χ4n) is 4.97. The van der Waals surface area contributed by atoms with Gasteiger partial charge in [-0.15, -0.1) is 0 Å². The fraction of sp³-hybridized carbons (Fsp3) is 0.257. The first-order chi connectivity index (χ1) is 20.6. The van der Waals surface area contributed by atoms with Crippen molar-refractivity contribution in [2.45, 2.75) is 51.6 Å². The van der Waals surface area contributed by atoms with Gasteiger partial charge in [0.25, 0.3) is 10.0 Å². The van der Waals surface area contributed by atoms with Crippen LogP contribution in [0.2, 0.25) is 0 Å². The average Bonchev–Trinajstić information content (AvgIpc) is 3.01. The van der Waals surface area contributed by atoms with E-state index in [1.54, 1.807) is 30.3 Å². The lowest BCUT2D eigenvalue weighted by Crippen LogP contribution is -2.53. The van der Waals surface area contributed by atoms with Crippen LogP contribution in [0.5, 0.6) is 0 Å². The molecule has 0 bridgehead atoms. The Labute approximate surface area is 255 Å². The number of hydrogen-bond donors (Lipinski definition) is 1. The van der Waals surface area contributed by atoms with Crippen molar-refractivity contribution in [2.24, 2.45) is 0 Å². The van der Waals surface area contributed by atoms with Crippen LogP contribution in [0.15, 0.2) is 108 Å². The minimum absolute atomic E-state index is 0.0818. The van der Waals surface area contributed by atoms with Gasteiger partial charge < -0.3 is 10.2 Å². The summed E-state index contributed by atoms with van der Waals surface area (Å²) in [6.07, 6.45) is 0.277. The highest BCUT2D eigenvalue weighted by Crippen LogP contribution is 2.29. The third-order valence-corrected chi connectivity index (χ3v) is 9.32. The maximum atomic E-state index is 14.5. The molecule has 4 rings (SSSR count). The number of aryl methyl sites for hydroxylation is 2. The predicted molar refractivity (Wildman–Crippen MR) is 171 cm³/mol. The molecule has 8 heteroatoms. The number of amides is 2. The summed E-state index contributed by atoms with van der Waals surface area (Å²) in [5.41, 5.74) is 4.88. The molecule has 1 unspecified atom stereocenters. The molecule has 0 saturated heterocycles. The molecule has 0 saturated carbocycles. The molecule has 0 spiro atoms. The van der Waals surface area contributed by atoms with Crippen molar-refractivity contribution in [1.82, 2.24) is 10.2 Å². The highest BCUT2D eigenvalue weighted by molar-refractivity contribution is 7.92. The van der Waals surface area contributed by atoms with Gasteiger partial charge in [0, 0.05) is 19.5 Å². The van der Waals surface area contributed by atoms with E-state index in [9.17, 15) is 18.0 Å². The summed E-state index contributed by atoms with van der Waals surface area (Å²) in [5, 5.41) is 2.89. The van der Waals surface area contributed by atoms with Gasteiger partial charge in [-0.05, 0) is 68.1 Å². The van der Waals surface area contributed by atoms with Gasteiger partial charge in [-0.1, -0.05) is 90.5 Å². The zero-order valence-electron chi connectivity index (χ0n) is 25.2. The van der Waals surface area contributed by atoms with Crippen LogP contribution in [0.1, 0.15) is 34.7 Å². The molecule has 7 nitrogen and oxygen atoms in total. The molecule has 0 heterocycles. The van der Waals surface area contributed by atoms with Crippen molar-refractivity contribution in [3.05, 3.63) is 131 Å². The molecule has 0 aromatic heterocycles. The number of sulfonamides is 1. The summed E-state index contributed by atoms with van der Waals surface area (Å²) in [7, 11) is -4.13. The highest BCUT2D eigenvalue weighted by Gasteiger charge is 2.35. The third-order valence-electron chi connectivity index (χ3n) is 7.55. The molecule has 0 aliphatic rings. The largest absolute Gasteiger partial charge is 0.355 e. The third kappa shape index (κ3) is 7.70. The summed E-state index contributed by atoms with van der Waals surface area (Å²) in [5.74, 6) is -0.774. The summed E-state index contributed by atoms with van der Waals surface area (Å²) in [6.45, 7) is 7.63. The molecule has 2 amide bonds. The Morgan fingerprint density at radius 1 is 0.767 bits per heavy atom. The van der Waals surface area contributed by atoms with Crippen LogP contribution in [-0.2, 0) is 32.6 Å². The number of rotatable bonds is 12.